The van der Waals surface area contributed by atoms with Crippen molar-refractivity contribution in [1.82, 2.24) is 0 Å². The molecule has 0 saturated carbocycles. The highest BCUT2D eigenvalue weighted by atomic mass is 16.6. The lowest BCUT2D eigenvalue weighted by atomic mass is 10.3. The van der Waals surface area contributed by atoms with Gasteiger partial charge in [0.05, 0.1) is 0 Å². The lowest BCUT2D eigenvalue weighted by Gasteiger charge is -1.95. The first-order valence-corrected chi connectivity index (χ1v) is 2.81. The molecule has 0 aromatic rings. The Morgan fingerprint density at radius 1 is 1.67 bits per heavy atom. The second-order valence-electron chi connectivity index (χ2n) is 1.51. The molecule has 0 aliphatic carbocycles. The van der Waals surface area contributed by atoms with Gasteiger partial charge in [0.2, 0.25) is 0 Å². The van der Waals surface area contributed by atoms with E-state index in [4.69, 9.17) is 11.1 Å². The maximum absolute atomic E-state index is 5.00. The third kappa shape index (κ3) is 7.54. The molecule has 0 unspecified atom stereocenters. The van der Waals surface area contributed by atoms with Crippen LogP contribution in [0.3, 0.4) is 0 Å². The van der Waals surface area contributed by atoms with Crippen LogP contribution in [0, 0.1) is 12.3 Å². The van der Waals surface area contributed by atoms with Gasteiger partial charge in [0, 0.05) is 20.1 Å². The Balaban J connectivity index is 2.69. The van der Waals surface area contributed by atoms with Crippen LogP contribution in [0.4, 0.5) is 0 Å². The Kier molecular flexibility index (Phi) is 7.16. The number of hydrogen-bond donors (Lipinski definition) is 0. The third-order valence-corrected chi connectivity index (χ3v) is 0.748. The molecule has 0 aromatic heterocycles. The molecule has 0 fully saturated rings. The highest BCUT2D eigenvalue weighted by molar-refractivity contribution is 6.17. The smallest absolute Gasteiger partial charge is 0.416 e. The fraction of sp³-hybridized carbons (Fsp3) is 0.667. The van der Waals surface area contributed by atoms with E-state index in [1.807, 2.05) is 0 Å². The molecule has 0 atom stereocenters. The van der Waals surface area contributed by atoms with Crippen LogP contribution in [0.25, 0.3) is 0 Å². The molecule has 0 spiro atoms. The highest BCUT2D eigenvalue weighted by Gasteiger charge is 1.88. The van der Waals surface area contributed by atoms with Crippen LogP contribution in [0.1, 0.15) is 12.8 Å². The standard InChI is InChI=1S/C6H10BO2/c1-3-4-5-6-9-7-8-2/h1H,4-6H2,2H3. The van der Waals surface area contributed by atoms with E-state index < -0.39 is 0 Å². The van der Waals surface area contributed by atoms with Gasteiger partial charge in [-0.1, -0.05) is 0 Å². The van der Waals surface area contributed by atoms with Gasteiger partial charge >= 0.3 is 7.69 Å². The van der Waals surface area contributed by atoms with Gasteiger partial charge in [-0.2, -0.15) is 0 Å². The Morgan fingerprint density at radius 3 is 3.00 bits per heavy atom. The van der Waals surface area contributed by atoms with Crippen LogP contribution in [0.15, 0.2) is 0 Å². The molecule has 0 rings (SSSR count). The average Bonchev–Trinajstić information content (AvgIpc) is 1.89. The van der Waals surface area contributed by atoms with Crippen molar-refractivity contribution >= 4 is 7.69 Å². The zero-order valence-electron chi connectivity index (χ0n) is 5.59. The Morgan fingerprint density at radius 2 is 2.44 bits per heavy atom. The molecule has 0 aromatic carbocycles. The van der Waals surface area contributed by atoms with Crippen molar-refractivity contribution in [2.75, 3.05) is 13.7 Å². The Hall–Kier alpha value is -0.455. The molecular weight excluding hydrogens is 115 g/mol. The molecule has 9 heavy (non-hydrogen) atoms. The summed E-state index contributed by atoms with van der Waals surface area (Å²) in [5, 5.41) is 0. The van der Waals surface area contributed by atoms with Crippen molar-refractivity contribution in [2.45, 2.75) is 12.8 Å². The van der Waals surface area contributed by atoms with E-state index in [-0.39, 0.29) is 0 Å². The van der Waals surface area contributed by atoms with Gasteiger partial charge in [-0.25, -0.2) is 0 Å². The summed E-state index contributed by atoms with van der Waals surface area (Å²) in [7, 11) is 2.84. The van der Waals surface area contributed by atoms with Crippen LogP contribution in [-0.4, -0.2) is 21.4 Å². The highest BCUT2D eigenvalue weighted by Crippen LogP contribution is 1.85. The average molecular weight is 125 g/mol. The van der Waals surface area contributed by atoms with Crippen molar-refractivity contribution in [3.8, 4) is 12.3 Å². The minimum Gasteiger partial charge on any atom is -0.416 e. The second-order valence-corrected chi connectivity index (χ2v) is 1.51. The van der Waals surface area contributed by atoms with E-state index in [9.17, 15) is 0 Å². The molecule has 0 aliphatic heterocycles. The van der Waals surface area contributed by atoms with E-state index in [2.05, 4.69) is 10.6 Å². The monoisotopic (exact) mass is 125 g/mol. The minimum atomic E-state index is 0.637. The van der Waals surface area contributed by atoms with E-state index in [1.165, 1.54) is 7.69 Å². The number of terminal acetylenes is 1. The maximum Gasteiger partial charge on any atom is 0.487 e. The molecule has 1 radical (unpaired) electrons. The van der Waals surface area contributed by atoms with E-state index in [0.717, 1.165) is 12.8 Å². The van der Waals surface area contributed by atoms with Gasteiger partial charge in [-0.05, 0) is 6.42 Å². The summed E-state index contributed by atoms with van der Waals surface area (Å²) in [4.78, 5) is 0. The molecule has 0 amide bonds. The van der Waals surface area contributed by atoms with Gasteiger partial charge in [0.25, 0.3) is 0 Å². The fourth-order valence-electron chi connectivity index (χ4n) is 0.374. The summed E-state index contributed by atoms with van der Waals surface area (Å²) in [6, 6.07) is 0. The van der Waals surface area contributed by atoms with Gasteiger partial charge in [-0.3, -0.25) is 0 Å². The van der Waals surface area contributed by atoms with Gasteiger partial charge in [0.1, 0.15) is 0 Å². The van der Waals surface area contributed by atoms with E-state index in [1.54, 1.807) is 7.11 Å². The zero-order chi connectivity index (χ0) is 6.95. The van der Waals surface area contributed by atoms with Crippen molar-refractivity contribution in [3.63, 3.8) is 0 Å². The molecule has 0 aliphatic rings. The van der Waals surface area contributed by atoms with Crippen LogP contribution < -0.4 is 0 Å². The van der Waals surface area contributed by atoms with Crippen LogP contribution in [0.2, 0.25) is 0 Å². The van der Waals surface area contributed by atoms with Gasteiger partial charge in [-0.15, -0.1) is 12.3 Å². The van der Waals surface area contributed by atoms with E-state index in [0.29, 0.717) is 6.61 Å². The fourth-order valence-corrected chi connectivity index (χ4v) is 0.374. The molecule has 0 saturated heterocycles. The number of rotatable bonds is 5. The first-order valence-electron chi connectivity index (χ1n) is 2.81. The van der Waals surface area contributed by atoms with Crippen molar-refractivity contribution in [2.24, 2.45) is 0 Å². The summed E-state index contributed by atoms with van der Waals surface area (Å²) < 4.78 is 9.37. The summed E-state index contributed by atoms with van der Waals surface area (Å²) in [6.45, 7) is 0.637. The summed E-state index contributed by atoms with van der Waals surface area (Å²) in [5.41, 5.74) is 0. The Labute approximate surface area is 56.8 Å². The minimum absolute atomic E-state index is 0.637. The molecule has 49 valence electrons. The summed E-state index contributed by atoms with van der Waals surface area (Å²) in [6.07, 6.45) is 6.64. The first kappa shape index (κ1) is 8.54. The van der Waals surface area contributed by atoms with E-state index >= 15 is 0 Å². The van der Waals surface area contributed by atoms with Gasteiger partial charge < -0.3 is 9.31 Å². The second kappa shape index (κ2) is 7.54. The molecule has 2 nitrogen and oxygen atoms in total. The number of unbranched alkanes of at least 4 members (excludes halogenated alkanes) is 1. The molecule has 3 heteroatoms. The number of hydrogen-bond acceptors (Lipinski definition) is 2. The molecule has 0 heterocycles. The van der Waals surface area contributed by atoms with Crippen molar-refractivity contribution in [1.29, 1.82) is 0 Å². The summed E-state index contributed by atoms with van der Waals surface area (Å²) in [5.74, 6) is 2.51. The topological polar surface area (TPSA) is 18.5 Å². The maximum atomic E-state index is 5.00. The van der Waals surface area contributed by atoms with Crippen LogP contribution in [0.5, 0.6) is 0 Å². The molecular formula is C6H10BO2. The largest absolute Gasteiger partial charge is 0.487 e. The van der Waals surface area contributed by atoms with Gasteiger partial charge in [0.15, 0.2) is 0 Å². The lowest BCUT2D eigenvalue weighted by molar-refractivity contribution is 0.253. The predicted octanol–water partition coefficient (Wildman–Crippen LogP) is 0.597. The third-order valence-electron chi connectivity index (χ3n) is 0.748. The zero-order valence-corrected chi connectivity index (χ0v) is 5.59. The quantitative estimate of drug-likeness (QED) is 0.304. The predicted molar refractivity (Wildman–Crippen MR) is 36.8 cm³/mol. The summed E-state index contributed by atoms with van der Waals surface area (Å²) >= 11 is 0. The SMILES string of the molecule is C#CCCCO[B]OC. The van der Waals surface area contributed by atoms with Crippen LogP contribution in [-0.2, 0) is 9.31 Å². The molecule has 0 N–H and O–H groups in total. The van der Waals surface area contributed by atoms with Crippen LogP contribution >= 0.6 is 0 Å². The van der Waals surface area contributed by atoms with Crippen molar-refractivity contribution in [3.05, 3.63) is 0 Å². The molecule has 0 bridgehead atoms. The normalized spacial score (nSPS) is 8.44. The Bertz CT molecular complexity index is 87.5. The lowest BCUT2D eigenvalue weighted by Crippen LogP contribution is -2.02. The van der Waals surface area contributed by atoms with Crippen molar-refractivity contribution < 1.29 is 9.31 Å². The first-order chi connectivity index (χ1) is 4.41.